The smallest absolute Gasteiger partial charge is 0.335 e. The first-order valence-corrected chi connectivity index (χ1v) is 15.1. The monoisotopic (exact) mass is 569 g/mol. The van der Waals surface area contributed by atoms with Crippen LogP contribution in [0.15, 0.2) is 36.4 Å². The zero-order chi connectivity index (χ0) is 27.9. The van der Waals surface area contributed by atoms with Crippen molar-refractivity contribution in [3.8, 4) is 5.75 Å². The van der Waals surface area contributed by atoms with E-state index < -0.39 is 12.1 Å². The summed E-state index contributed by atoms with van der Waals surface area (Å²) in [7, 11) is 0. The summed E-state index contributed by atoms with van der Waals surface area (Å²) >= 11 is 6.38. The van der Waals surface area contributed by atoms with Gasteiger partial charge in [-0.25, -0.2) is 4.79 Å². The largest absolute Gasteiger partial charge is 0.490 e. The van der Waals surface area contributed by atoms with E-state index in [2.05, 4.69) is 17.0 Å². The maximum Gasteiger partial charge on any atom is 0.335 e. The molecule has 2 aromatic rings. The van der Waals surface area contributed by atoms with Crippen LogP contribution in [-0.4, -0.2) is 67.4 Å². The highest BCUT2D eigenvalue weighted by Crippen LogP contribution is 2.47. The highest BCUT2D eigenvalue weighted by molar-refractivity contribution is 6.30. The van der Waals surface area contributed by atoms with Gasteiger partial charge in [0.25, 0.3) is 0 Å². The van der Waals surface area contributed by atoms with Crippen molar-refractivity contribution in [1.29, 1.82) is 0 Å². The number of carboxylic acids is 1. The molecule has 0 bridgehead atoms. The minimum Gasteiger partial charge on any atom is -0.490 e. The number of aromatic carboxylic acids is 1. The van der Waals surface area contributed by atoms with E-state index in [1.165, 1.54) is 11.1 Å². The fourth-order valence-electron chi connectivity index (χ4n) is 7.36. The van der Waals surface area contributed by atoms with E-state index in [0.29, 0.717) is 31.7 Å². The molecule has 8 heteroatoms. The highest BCUT2D eigenvalue weighted by Gasteiger charge is 2.45. The molecule has 1 saturated heterocycles. The average molecular weight is 570 g/mol. The van der Waals surface area contributed by atoms with Crippen LogP contribution in [0, 0.1) is 11.8 Å². The fourth-order valence-corrected chi connectivity index (χ4v) is 7.56. The number of anilines is 1. The zero-order valence-electron chi connectivity index (χ0n) is 23.2. The summed E-state index contributed by atoms with van der Waals surface area (Å²) in [5.41, 5.74) is 3.54. The first-order chi connectivity index (χ1) is 19.3. The van der Waals surface area contributed by atoms with Gasteiger partial charge in [0.15, 0.2) is 0 Å². The van der Waals surface area contributed by atoms with Crippen molar-refractivity contribution in [2.24, 2.45) is 11.8 Å². The third-order valence-electron chi connectivity index (χ3n) is 9.53. The molecule has 2 fully saturated rings. The number of halogens is 1. The van der Waals surface area contributed by atoms with Crippen LogP contribution in [0.1, 0.15) is 66.9 Å². The number of hydrogen-bond donors (Lipinski definition) is 2. The quantitative estimate of drug-likeness (QED) is 0.456. The first-order valence-electron chi connectivity index (χ1n) is 14.8. The lowest BCUT2D eigenvalue weighted by molar-refractivity contribution is -0.124. The second-order valence-electron chi connectivity index (χ2n) is 12.3. The van der Waals surface area contributed by atoms with Crippen LogP contribution in [0.5, 0.6) is 5.75 Å². The Bertz CT molecular complexity index is 1240. The average Bonchev–Trinajstić information content (AvgIpc) is 3.07. The fraction of sp³-hybridized carbons (Fsp3) is 0.594. The Labute approximate surface area is 241 Å². The van der Waals surface area contributed by atoms with E-state index in [0.717, 1.165) is 74.5 Å². The first kappa shape index (κ1) is 27.8. The molecule has 0 radical (unpaired) electrons. The van der Waals surface area contributed by atoms with E-state index in [1.807, 2.05) is 12.1 Å². The Kier molecular flexibility index (Phi) is 8.01. The summed E-state index contributed by atoms with van der Waals surface area (Å²) in [6.07, 6.45) is 6.85. The molecule has 2 heterocycles. The standard InChI is InChI=1S/C32H40ClNO6/c1-20(35)17-39-25-10-12-38-30(15-25)26-7-4-23(26)16-34-18-32(11-2-3-21-13-24(33)6-8-27(21)32)19-40-29-9-5-22(31(36)37)14-28(29)34/h5-6,8-9,13-14,20,23,25-26,30,35H,2-4,7,10-12,15-19H2,1H3,(H,36,37)/t20-,23+,25-,26-,30+,32?/m1/s1. The van der Waals surface area contributed by atoms with Gasteiger partial charge in [-0.1, -0.05) is 17.7 Å². The Hall–Kier alpha value is -2.32. The van der Waals surface area contributed by atoms with Gasteiger partial charge in [0.05, 0.1) is 42.8 Å². The number of benzene rings is 2. The second-order valence-corrected chi connectivity index (χ2v) is 12.8. The third kappa shape index (κ3) is 5.58. The Balaban J connectivity index is 1.27. The van der Waals surface area contributed by atoms with Crippen LogP contribution in [0.2, 0.25) is 5.02 Å². The van der Waals surface area contributed by atoms with Gasteiger partial charge in [0, 0.05) is 36.6 Å². The van der Waals surface area contributed by atoms with Crippen molar-refractivity contribution in [2.45, 2.75) is 75.6 Å². The van der Waals surface area contributed by atoms with Gasteiger partial charge < -0.3 is 29.3 Å². The Morgan fingerprint density at radius 3 is 2.88 bits per heavy atom. The number of hydrogen-bond acceptors (Lipinski definition) is 6. The van der Waals surface area contributed by atoms with E-state index in [4.69, 9.17) is 25.8 Å². The molecule has 2 aromatic carbocycles. The number of fused-ring (bicyclic) bond motifs is 3. The molecule has 1 saturated carbocycles. The number of ether oxygens (including phenoxy) is 3. The molecule has 7 nitrogen and oxygen atoms in total. The molecule has 2 aliphatic heterocycles. The number of aryl methyl sites for hydroxylation is 1. The number of aliphatic hydroxyl groups is 1. The summed E-state index contributed by atoms with van der Waals surface area (Å²) < 4.78 is 18.7. The minimum atomic E-state index is -0.931. The molecule has 0 aromatic heterocycles. The SMILES string of the molecule is C[C@@H](O)CO[C@@H]1CCO[C@H]([C@@H]2CC[C@H]2CN2CC3(CCCc4cc(Cl)ccc43)COc3ccc(C(=O)O)cc32)C1. The van der Waals surface area contributed by atoms with Gasteiger partial charge >= 0.3 is 5.97 Å². The topological polar surface area (TPSA) is 88.5 Å². The van der Waals surface area contributed by atoms with Gasteiger partial charge in [0.1, 0.15) is 5.75 Å². The summed E-state index contributed by atoms with van der Waals surface area (Å²) in [5.74, 6) is 0.686. The molecule has 1 unspecified atom stereocenters. The van der Waals surface area contributed by atoms with Gasteiger partial charge in [-0.2, -0.15) is 0 Å². The van der Waals surface area contributed by atoms with Crippen molar-refractivity contribution in [1.82, 2.24) is 0 Å². The van der Waals surface area contributed by atoms with Gasteiger partial charge in [-0.15, -0.1) is 0 Å². The number of rotatable bonds is 7. The van der Waals surface area contributed by atoms with Crippen LogP contribution in [0.25, 0.3) is 0 Å². The van der Waals surface area contributed by atoms with Gasteiger partial charge in [-0.05, 0) is 98.7 Å². The van der Waals surface area contributed by atoms with Gasteiger partial charge in [0.2, 0.25) is 0 Å². The molecule has 1 spiro atoms. The number of aliphatic hydroxyl groups excluding tert-OH is 1. The maximum absolute atomic E-state index is 11.9. The van der Waals surface area contributed by atoms with E-state index >= 15 is 0 Å². The zero-order valence-corrected chi connectivity index (χ0v) is 23.9. The van der Waals surface area contributed by atoms with Crippen LogP contribution < -0.4 is 9.64 Å². The number of carboxylic acid groups (broad SMARTS) is 1. The van der Waals surface area contributed by atoms with Crippen molar-refractivity contribution in [3.63, 3.8) is 0 Å². The third-order valence-corrected chi connectivity index (χ3v) is 9.77. The van der Waals surface area contributed by atoms with Crippen LogP contribution in [0.4, 0.5) is 5.69 Å². The summed E-state index contributed by atoms with van der Waals surface area (Å²) in [5, 5.41) is 20.2. The number of carbonyl (C=O) groups is 1. The van der Waals surface area contributed by atoms with Crippen molar-refractivity contribution in [3.05, 3.63) is 58.1 Å². The normalized spacial score (nSPS) is 30.4. The van der Waals surface area contributed by atoms with E-state index in [-0.39, 0.29) is 23.2 Å². The lowest BCUT2D eigenvalue weighted by atomic mass is 9.67. The van der Waals surface area contributed by atoms with Crippen LogP contribution in [0.3, 0.4) is 0 Å². The molecule has 2 aliphatic carbocycles. The molecule has 2 N–H and O–H groups in total. The highest BCUT2D eigenvalue weighted by atomic mass is 35.5. The van der Waals surface area contributed by atoms with Crippen LogP contribution in [-0.2, 0) is 21.3 Å². The van der Waals surface area contributed by atoms with Crippen LogP contribution >= 0.6 is 11.6 Å². The lowest BCUT2D eigenvalue weighted by Crippen LogP contribution is -2.51. The Morgan fingerprint density at radius 1 is 1.23 bits per heavy atom. The summed E-state index contributed by atoms with van der Waals surface area (Å²) in [6.45, 7) is 4.95. The molecular weight excluding hydrogens is 530 g/mol. The second kappa shape index (κ2) is 11.5. The van der Waals surface area contributed by atoms with Gasteiger partial charge in [-0.3, -0.25) is 0 Å². The molecule has 6 rings (SSSR count). The van der Waals surface area contributed by atoms with E-state index in [9.17, 15) is 15.0 Å². The molecule has 6 atom stereocenters. The maximum atomic E-state index is 11.9. The van der Waals surface area contributed by atoms with Crippen molar-refractivity contribution >= 4 is 23.3 Å². The minimum absolute atomic E-state index is 0.119. The predicted octanol–water partition coefficient (Wildman–Crippen LogP) is 5.48. The summed E-state index contributed by atoms with van der Waals surface area (Å²) in [6, 6.07) is 11.5. The Morgan fingerprint density at radius 2 is 2.10 bits per heavy atom. The lowest BCUT2D eigenvalue weighted by Gasteiger charge is -2.47. The molecule has 216 valence electrons. The molecule has 40 heavy (non-hydrogen) atoms. The predicted molar refractivity (Wildman–Crippen MR) is 154 cm³/mol. The van der Waals surface area contributed by atoms with Crippen molar-refractivity contribution in [2.75, 3.05) is 37.8 Å². The number of nitrogens with zero attached hydrogens (tertiary/aromatic N) is 1. The molecular formula is C32H40ClNO6. The van der Waals surface area contributed by atoms with E-state index in [1.54, 1.807) is 19.1 Å². The molecule has 4 aliphatic rings. The summed E-state index contributed by atoms with van der Waals surface area (Å²) in [4.78, 5) is 14.3. The molecule has 0 amide bonds. The van der Waals surface area contributed by atoms with Crippen molar-refractivity contribution < 1.29 is 29.2 Å².